The van der Waals surface area contributed by atoms with Crippen molar-refractivity contribution in [2.75, 3.05) is 7.05 Å². The van der Waals surface area contributed by atoms with Crippen LogP contribution in [0.15, 0.2) is 17.3 Å². The predicted molar refractivity (Wildman–Crippen MR) is 44.5 cm³/mol. The zero-order valence-electron chi connectivity index (χ0n) is 7.61. The summed E-state index contributed by atoms with van der Waals surface area (Å²) in [6, 6.07) is 0. The molecule has 0 N–H and O–H groups in total. The van der Waals surface area contributed by atoms with Gasteiger partial charge in [-0.05, 0) is 6.92 Å². The molecule has 2 nitrogen and oxygen atoms in total. The molecule has 76 valence electrons. The van der Waals surface area contributed by atoms with Crippen LogP contribution in [0.2, 0.25) is 0 Å². The van der Waals surface area contributed by atoms with Crippen LogP contribution in [0.4, 0.5) is 13.2 Å². The molecule has 0 aromatic rings. The van der Waals surface area contributed by atoms with Crippen molar-refractivity contribution in [2.45, 2.75) is 25.9 Å². The van der Waals surface area contributed by atoms with Gasteiger partial charge in [-0.15, -0.1) is 0 Å². The maximum Gasteiger partial charge on any atom is 0.389 e. The minimum Gasteiger partial charge on any atom is -0.449 e. The first-order chi connectivity index (χ1) is 5.85. The Balaban J connectivity index is 3.95. The molecule has 0 radical (unpaired) electrons. The highest BCUT2D eigenvalue weighted by atomic mass is 19.4. The fourth-order valence-electron chi connectivity index (χ4n) is 0.658. The minimum atomic E-state index is -4.17. The quantitative estimate of drug-likeness (QED) is 0.385. The van der Waals surface area contributed by atoms with E-state index in [9.17, 15) is 13.2 Å². The van der Waals surface area contributed by atoms with Crippen molar-refractivity contribution < 1.29 is 17.9 Å². The van der Waals surface area contributed by atoms with Crippen molar-refractivity contribution in [1.82, 2.24) is 0 Å². The van der Waals surface area contributed by atoms with Crippen LogP contribution in [-0.4, -0.2) is 19.1 Å². The molecule has 0 aromatic carbocycles. The third-order valence-corrected chi connectivity index (χ3v) is 1.16. The van der Waals surface area contributed by atoms with Crippen molar-refractivity contribution in [3.8, 4) is 0 Å². The van der Waals surface area contributed by atoms with Gasteiger partial charge in [0.25, 0.3) is 0 Å². The van der Waals surface area contributed by atoms with Crippen LogP contribution < -0.4 is 0 Å². The lowest BCUT2D eigenvalue weighted by atomic mass is 10.3. The second kappa shape index (κ2) is 4.89. The summed E-state index contributed by atoms with van der Waals surface area (Å²) >= 11 is 0. The highest BCUT2D eigenvalue weighted by molar-refractivity contribution is 5.76. The third kappa shape index (κ3) is 7.36. The first-order valence-electron chi connectivity index (χ1n) is 3.71. The summed E-state index contributed by atoms with van der Waals surface area (Å²) in [6.45, 7) is 4.96. The monoisotopic (exact) mass is 195 g/mol. The lowest BCUT2D eigenvalue weighted by Crippen LogP contribution is -2.12. The van der Waals surface area contributed by atoms with Gasteiger partial charge in [-0.25, -0.2) is 0 Å². The highest BCUT2D eigenvalue weighted by Gasteiger charge is 2.27. The van der Waals surface area contributed by atoms with Gasteiger partial charge in [-0.2, -0.15) is 13.2 Å². The highest BCUT2D eigenvalue weighted by Crippen LogP contribution is 2.21. The van der Waals surface area contributed by atoms with E-state index in [0.717, 1.165) is 0 Å². The van der Waals surface area contributed by atoms with Gasteiger partial charge in [0.2, 0.25) is 0 Å². The Hall–Kier alpha value is -1.00. The molecule has 0 bridgehead atoms. The topological polar surface area (TPSA) is 21.6 Å². The lowest BCUT2D eigenvalue weighted by molar-refractivity contribution is -0.133. The summed E-state index contributed by atoms with van der Waals surface area (Å²) in [5, 5.41) is 0. The normalized spacial score (nSPS) is 12.8. The van der Waals surface area contributed by atoms with Crippen LogP contribution in [0, 0.1) is 0 Å². The molecule has 13 heavy (non-hydrogen) atoms. The number of allylic oxidation sites excluding steroid dienone is 1. The van der Waals surface area contributed by atoms with E-state index in [4.69, 9.17) is 4.74 Å². The molecule has 0 saturated carbocycles. The number of aliphatic imine (C=N–C) groups is 1. The molecule has 0 fully saturated rings. The van der Waals surface area contributed by atoms with Crippen LogP contribution in [-0.2, 0) is 4.74 Å². The Labute approximate surface area is 75.1 Å². The van der Waals surface area contributed by atoms with Crippen LogP contribution in [0.25, 0.3) is 0 Å². The number of nitrogens with zero attached hydrogens (tertiary/aromatic N) is 1. The first kappa shape index (κ1) is 12.0. The van der Waals surface area contributed by atoms with Gasteiger partial charge in [0.05, 0.1) is 12.2 Å². The molecular formula is C8H12F3NO. The molecule has 0 aliphatic heterocycles. The van der Waals surface area contributed by atoms with Crippen LogP contribution >= 0.6 is 0 Å². The third-order valence-electron chi connectivity index (χ3n) is 1.16. The van der Waals surface area contributed by atoms with Crippen molar-refractivity contribution in [3.63, 3.8) is 0 Å². The summed E-state index contributed by atoms with van der Waals surface area (Å²) in [5.74, 6) is 0.396. The van der Waals surface area contributed by atoms with E-state index < -0.39 is 12.6 Å². The lowest BCUT2D eigenvalue weighted by Gasteiger charge is -2.09. The molecule has 0 aliphatic rings. The zero-order chi connectivity index (χ0) is 10.5. The van der Waals surface area contributed by atoms with Gasteiger partial charge in [-0.3, -0.25) is 4.99 Å². The van der Waals surface area contributed by atoms with Gasteiger partial charge in [0.15, 0.2) is 5.90 Å². The van der Waals surface area contributed by atoms with Crippen molar-refractivity contribution in [3.05, 3.63) is 12.3 Å². The number of hydrogen-bond donors (Lipinski definition) is 0. The Bertz CT molecular complexity index is 208. The second-order valence-corrected chi connectivity index (χ2v) is 2.54. The average Bonchev–Trinajstić information content (AvgIpc) is 1.95. The maximum absolute atomic E-state index is 11.8. The zero-order valence-corrected chi connectivity index (χ0v) is 7.61. The Morgan fingerprint density at radius 2 is 2.00 bits per heavy atom. The van der Waals surface area contributed by atoms with E-state index in [2.05, 4.69) is 11.6 Å². The molecule has 0 rings (SSSR count). The van der Waals surface area contributed by atoms with E-state index in [1.165, 1.54) is 7.05 Å². The summed E-state index contributed by atoms with van der Waals surface area (Å²) in [6.07, 6.45) is -5.34. The number of rotatable bonds is 3. The number of alkyl halides is 3. The summed E-state index contributed by atoms with van der Waals surface area (Å²) in [4.78, 5) is 3.56. The average molecular weight is 195 g/mol. The molecule has 0 aliphatic carbocycles. The first-order valence-corrected chi connectivity index (χ1v) is 3.71. The SMILES string of the molecule is C=C(C)OC(CCC(F)(F)F)=NC. The van der Waals surface area contributed by atoms with Crippen LogP contribution in [0.3, 0.4) is 0 Å². The Kier molecular flexibility index (Phi) is 4.51. The number of hydrogen-bond acceptors (Lipinski definition) is 2. The molecule has 0 atom stereocenters. The molecule has 0 unspecified atom stereocenters. The van der Waals surface area contributed by atoms with Crippen molar-refractivity contribution in [2.24, 2.45) is 4.99 Å². The van der Waals surface area contributed by atoms with Crippen LogP contribution in [0.5, 0.6) is 0 Å². The fraction of sp³-hybridized carbons (Fsp3) is 0.625. The molecular weight excluding hydrogens is 183 g/mol. The molecule has 0 saturated heterocycles. The van der Waals surface area contributed by atoms with Gasteiger partial charge >= 0.3 is 6.18 Å². The largest absolute Gasteiger partial charge is 0.449 e. The number of ether oxygens (including phenoxy) is 1. The summed E-state index contributed by atoms with van der Waals surface area (Å²) in [5.41, 5.74) is 0. The van der Waals surface area contributed by atoms with Crippen molar-refractivity contribution in [1.29, 1.82) is 0 Å². The molecule has 0 aromatic heterocycles. The van der Waals surface area contributed by atoms with E-state index >= 15 is 0 Å². The second-order valence-electron chi connectivity index (χ2n) is 2.54. The minimum absolute atomic E-state index is 0.0600. The smallest absolute Gasteiger partial charge is 0.389 e. The Morgan fingerprint density at radius 3 is 2.31 bits per heavy atom. The van der Waals surface area contributed by atoms with Gasteiger partial charge in [0, 0.05) is 13.5 Å². The number of halogens is 3. The summed E-state index contributed by atoms with van der Waals surface area (Å²) in [7, 11) is 1.38. The molecule has 0 heterocycles. The predicted octanol–water partition coefficient (Wildman–Crippen LogP) is 2.91. The fourth-order valence-corrected chi connectivity index (χ4v) is 0.658. The maximum atomic E-state index is 11.8. The summed E-state index contributed by atoms with van der Waals surface area (Å²) < 4.78 is 40.1. The molecule has 5 heteroatoms. The van der Waals surface area contributed by atoms with Gasteiger partial charge in [0.1, 0.15) is 0 Å². The molecule has 0 amide bonds. The van der Waals surface area contributed by atoms with Crippen molar-refractivity contribution >= 4 is 5.90 Å². The van der Waals surface area contributed by atoms with E-state index in [0.29, 0.717) is 5.76 Å². The van der Waals surface area contributed by atoms with E-state index in [-0.39, 0.29) is 12.3 Å². The van der Waals surface area contributed by atoms with Gasteiger partial charge in [-0.1, -0.05) is 6.58 Å². The Morgan fingerprint density at radius 1 is 1.46 bits per heavy atom. The van der Waals surface area contributed by atoms with E-state index in [1.54, 1.807) is 6.92 Å². The van der Waals surface area contributed by atoms with Gasteiger partial charge < -0.3 is 4.74 Å². The van der Waals surface area contributed by atoms with Crippen LogP contribution in [0.1, 0.15) is 19.8 Å². The van der Waals surface area contributed by atoms with E-state index in [1.807, 2.05) is 0 Å². The standard InChI is InChI=1S/C8H12F3NO/c1-6(2)13-7(12-3)4-5-8(9,10)11/h1,4-5H2,2-3H3. The molecule has 0 spiro atoms.